The number of benzene rings is 17. The minimum absolute atomic E-state index is 0.574. The summed E-state index contributed by atoms with van der Waals surface area (Å²) in [5.74, 6) is 3.48. The Morgan fingerprint density at radius 3 is 0.797 bits per heavy atom. The van der Waals surface area contributed by atoms with Gasteiger partial charge in [-0.05, 0) is 172 Å². The zero-order valence-corrected chi connectivity index (χ0v) is 63.7. The molecule has 23 aromatic rings. The van der Waals surface area contributed by atoms with Crippen molar-refractivity contribution in [1.82, 2.24) is 48.2 Å². The summed E-state index contributed by atoms with van der Waals surface area (Å²) in [5, 5.41) is 9.69. The number of fused-ring (bicyclic) bond motifs is 12. The van der Waals surface area contributed by atoms with Crippen LogP contribution in [0, 0.1) is 0 Å². The van der Waals surface area contributed by atoms with Gasteiger partial charge in [0.2, 0.25) is 0 Å². The molecule has 6 heterocycles. The monoisotopic (exact) mass is 1500 g/mol. The number of hydrogen-bond donors (Lipinski definition) is 0. The van der Waals surface area contributed by atoms with Crippen molar-refractivity contribution in [2.45, 2.75) is 0 Å². The fraction of sp³-hybridized carbons (Fsp3) is 0. The average Bonchev–Trinajstić information content (AvgIpc) is 1.57. The first-order valence-electron chi connectivity index (χ1n) is 39.9. The summed E-state index contributed by atoms with van der Waals surface area (Å²) < 4.78 is 9.51. The zero-order valence-electron chi connectivity index (χ0n) is 63.7. The lowest BCUT2D eigenvalue weighted by molar-refractivity contribution is 1.07. The molecule has 0 bridgehead atoms. The van der Waals surface area contributed by atoms with Crippen LogP contribution in [0.25, 0.3) is 223 Å². The highest BCUT2D eigenvalue weighted by molar-refractivity contribution is 6.14. The third-order valence-corrected chi connectivity index (χ3v) is 23.3. The molecular formula is C108H68N10. The summed E-state index contributed by atoms with van der Waals surface area (Å²) in [6.07, 6.45) is 0. The molecular weight excluding hydrogens is 1440 g/mol. The molecule has 118 heavy (non-hydrogen) atoms. The van der Waals surface area contributed by atoms with E-state index in [1.165, 1.54) is 65.2 Å². The molecule has 0 atom stereocenters. The van der Waals surface area contributed by atoms with Crippen LogP contribution in [0.4, 0.5) is 0 Å². The quantitative estimate of drug-likeness (QED) is 0.108. The Morgan fingerprint density at radius 2 is 0.373 bits per heavy atom. The maximum absolute atomic E-state index is 5.39. The van der Waals surface area contributed by atoms with Gasteiger partial charge in [-0.3, -0.25) is 0 Å². The Labute approximate surface area is 679 Å². The molecule has 0 saturated heterocycles. The van der Waals surface area contributed by atoms with Crippen molar-refractivity contribution in [3.63, 3.8) is 0 Å². The Balaban J connectivity index is 0.564. The third-order valence-electron chi connectivity index (χ3n) is 23.3. The second-order valence-electron chi connectivity index (χ2n) is 30.1. The van der Waals surface area contributed by atoms with Gasteiger partial charge in [0, 0.05) is 99.2 Å². The zero-order chi connectivity index (χ0) is 77.7. The molecule has 0 N–H and O–H groups in total. The first kappa shape index (κ1) is 67.6. The van der Waals surface area contributed by atoms with E-state index in [0.29, 0.717) is 34.9 Å². The second-order valence-corrected chi connectivity index (χ2v) is 30.1. The summed E-state index contributed by atoms with van der Waals surface area (Å²) in [5.41, 5.74) is 27.4. The van der Waals surface area contributed by atoms with Gasteiger partial charge in [0.15, 0.2) is 34.9 Å². The fourth-order valence-electron chi connectivity index (χ4n) is 17.8. The number of aromatic nitrogens is 10. The van der Waals surface area contributed by atoms with Crippen LogP contribution in [0.3, 0.4) is 0 Å². The highest BCUT2D eigenvalue weighted by atomic mass is 15.1. The molecule has 10 nitrogen and oxygen atoms in total. The van der Waals surface area contributed by atoms with Crippen molar-refractivity contribution in [2.75, 3.05) is 0 Å². The SMILES string of the molecule is c1ccc(-c2ccc(-c3nc(-c4ccc(-n5c6ccccc6c6cc(-n7c8ccccc8c8ccccc87)ccc65)cc4)nc(-c4cccc(-c5ccc(-c6ccccc6-c6ccccc6-c6nc(-c7ccccc7)nc(-c7ccc(-n8c9ccccc9c9cc(-n%10c%11ccccc%11c%11ccccc%11%10)ccc98)cc7)n6)cc5)c4)n3)cc2)cc1. The summed E-state index contributed by atoms with van der Waals surface area (Å²) in [4.78, 5) is 31.8. The van der Waals surface area contributed by atoms with Gasteiger partial charge >= 0.3 is 0 Å². The van der Waals surface area contributed by atoms with E-state index in [2.05, 4.69) is 407 Å². The maximum Gasteiger partial charge on any atom is 0.164 e. The molecule has 550 valence electrons. The van der Waals surface area contributed by atoms with Crippen LogP contribution in [-0.2, 0) is 0 Å². The van der Waals surface area contributed by atoms with Crippen molar-refractivity contribution in [1.29, 1.82) is 0 Å². The standard InChI is InChI=1S/C108H68N10/c1-3-24-69(25-4-1)70-48-52-74(53-49-70)104-110-105(75-54-58-79(59-55-75)115-99-44-21-15-37-90(99)93-67-81(62-64-101(93)115)117-95-40-17-11-33-86(95)87-34-12-18-41-96(87)117)112-107(111-104)78-29-23-28-77(66-78)71-46-50-72(51-47-71)83-30-7-8-31-84(83)85-32-9-10-39-92(85)108-113-103(73-26-5-2-6-27-73)109-106(114-108)76-56-60-80(61-57-76)116-100-45-22-16-38-91(100)94-68-82(63-65-102(94)116)118-97-42-19-13-35-88(97)89-36-14-20-43-98(89)118/h1-68H. The third kappa shape index (κ3) is 11.5. The molecule has 0 aliphatic heterocycles. The Hall–Kier alpha value is -16.0. The smallest absolute Gasteiger partial charge is 0.164 e. The predicted octanol–water partition coefficient (Wildman–Crippen LogP) is 27.1. The number of nitrogens with zero attached hydrogens (tertiary/aromatic N) is 10. The van der Waals surface area contributed by atoms with E-state index in [1.54, 1.807) is 0 Å². The van der Waals surface area contributed by atoms with Crippen molar-refractivity contribution >= 4 is 87.2 Å². The van der Waals surface area contributed by atoms with Crippen molar-refractivity contribution in [2.24, 2.45) is 0 Å². The minimum atomic E-state index is 0.574. The molecule has 0 saturated carbocycles. The van der Waals surface area contributed by atoms with Gasteiger partial charge in [0.25, 0.3) is 0 Å². The fourth-order valence-corrected chi connectivity index (χ4v) is 17.8. The molecule has 0 fully saturated rings. The first-order valence-corrected chi connectivity index (χ1v) is 39.9. The van der Waals surface area contributed by atoms with E-state index >= 15 is 0 Å². The number of para-hydroxylation sites is 6. The van der Waals surface area contributed by atoms with Crippen LogP contribution in [0.2, 0.25) is 0 Å². The van der Waals surface area contributed by atoms with E-state index in [0.717, 1.165) is 123 Å². The maximum atomic E-state index is 5.39. The molecule has 0 aliphatic carbocycles. The minimum Gasteiger partial charge on any atom is -0.309 e. The van der Waals surface area contributed by atoms with Crippen LogP contribution in [0.15, 0.2) is 413 Å². The highest BCUT2D eigenvalue weighted by Gasteiger charge is 2.24. The summed E-state index contributed by atoms with van der Waals surface area (Å²) in [7, 11) is 0. The summed E-state index contributed by atoms with van der Waals surface area (Å²) >= 11 is 0. The summed E-state index contributed by atoms with van der Waals surface area (Å²) in [6.45, 7) is 0. The van der Waals surface area contributed by atoms with Crippen LogP contribution < -0.4 is 0 Å². The van der Waals surface area contributed by atoms with Gasteiger partial charge in [-0.2, -0.15) is 0 Å². The molecule has 0 unspecified atom stereocenters. The average molecular weight is 1510 g/mol. The number of rotatable bonds is 14. The van der Waals surface area contributed by atoms with Gasteiger partial charge in [-0.15, -0.1) is 0 Å². The molecule has 0 radical (unpaired) electrons. The molecule has 23 rings (SSSR count). The van der Waals surface area contributed by atoms with E-state index in [4.69, 9.17) is 29.9 Å². The molecule has 6 aromatic heterocycles. The molecule has 0 amide bonds. The van der Waals surface area contributed by atoms with Gasteiger partial charge in [0.05, 0.1) is 44.1 Å². The van der Waals surface area contributed by atoms with E-state index in [1.807, 2.05) is 24.3 Å². The van der Waals surface area contributed by atoms with Crippen LogP contribution in [0.5, 0.6) is 0 Å². The topological polar surface area (TPSA) is 97.1 Å². The van der Waals surface area contributed by atoms with E-state index in [9.17, 15) is 0 Å². The van der Waals surface area contributed by atoms with Crippen LogP contribution in [0.1, 0.15) is 0 Å². The van der Waals surface area contributed by atoms with Crippen molar-refractivity contribution in [3.8, 4) is 136 Å². The predicted molar refractivity (Wildman–Crippen MR) is 485 cm³/mol. The van der Waals surface area contributed by atoms with Gasteiger partial charge < -0.3 is 18.3 Å². The number of hydrogen-bond acceptors (Lipinski definition) is 6. The molecule has 17 aromatic carbocycles. The molecule has 0 aliphatic rings. The van der Waals surface area contributed by atoms with Crippen molar-refractivity contribution < 1.29 is 0 Å². The lowest BCUT2D eigenvalue weighted by Crippen LogP contribution is -2.01. The Kier molecular flexibility index (Phi) is 16.0. The van der Waals surface area contributed by atoms with Crippen molar-refractivity contribution in [3.05, 3.63) is 413 Å². The van der Waals surface area contributed by atoms with Crippen LogP contribution >= 0.6 is 0 Å². The van der Waals surface area contributed by atoms with E-state index < -0.39 is 0 Å². The lowest BCUT2D eigenvalue weighted by atomic mass is 9.90. The van der Waals surface area contributed by atoms with Gasteiger partial charge in [-0.1, -0.05) is 285 Å². The molecule has 0 spiro atoms. The van der Waals surface area contributed by atoms with Gasteiger partial charge in [0.1, 0.15) is 0 Å². The highest BCUT2D eigenvalue weighted by Crippen LogP contribution is 2.44. The normalized spacial score (nSPS) is 11.7. The molecule has 10 heteroatoms. The lowest BCUT2D eigenvalue weighted by Gasteiger charge is -2.15. The summed E-state index contributed by atoms with van der Waals surface area (Å²) in [6, 6.07) is 147. The van der Waals surface area contributed by atoms with E-state index in [-0.39, 0.29) is 0 Å². The second kappa shape index (κ2) is 28.0. The first-order chi connectivity index (χ1) is 58.5. The largest absolute Gasteiger partial charge is 0.309 e. The Morgan fingerprint density at radius 1 is 0.127 bits per heavy atom. The Bertz CT molecular complexity index is 7790. The van der Waals surface area contributed by atoms with Crippen LogP contribution in [-0.4, -0.2) is 48.2 Å². The van der Waals surface area contributed by atoms with Gasteiger partial charge in [-0.25, -0.2) is 29.9 Å².